The first-order chi connectivity index (χ1) is 22.8. The van der Waals surface area contributed by atoms with Gasteiger partial charge in [0, 0.05) is 39.1 Å². The molecule has 0 saturated carbocycles. The molecule has 0 aliphatic heterocycles. The molecule has 0 fully saturated rings. The van der Waals surface area contributed by atoms with Crippen molar-refractivity contribution in [1.82, 2.24) is 0 Å². The summed E-state index contributed by atoms with van der Waals surface area (Å²) in [4.78, 5) is 11.2. The summed E-state index contributed by atoms with van der Waals surface area (Å²) in [7, 11) is 0. The molecule has 3 atom stereocenters. The van der Waals surface area contributed by atoms with Crippen LogP contribution in [0.1, 0.15) is 130 Å². The molecule has 2 aromatic rings. The second kappa shape index (κ2) is 27.2. The first-order valence-electron chi connectivity index (χ1n) is 18.2. The van der Waals surface area contributed by atoms with Crippen LogP contribution in [0.15, 0.2) is 60.7 Å². The summed E-state index contributed by atoms with van der Waals surface area (Å²) >= 11 is 7.21. The summed E-state index contributed by atoms with van der Waals surface area (Å²) in [5.41, 5.74) is -3.59. The van der Waals surface area contributed by atoms with Crippen LogP contribution in [0.4, 0.5) is 0 Å². The molecule has 270 valence electrons. The molecule has 0 aliphatic rings. The van der Waals surface area contributed by atoms with Crippen LogP contribution >= 0.6 is 17.1 Å². The number of benzene rings is 2. The van der Waals surface area contributed by atoms with Crippen LogP contribution in [0.3, 0.4) is 0 Å². The summed E-state index contributed by atoms with van der Waals surface area (Å²) < 4.78 is 32.1. The average molecular weight is 776 g/mol. The summed E-state index contributed by atoms with van der Waals surface area (Å²) in [6.07, 6.45) is 17.4. The smallest absolute Gasteiger partial charge is 0.252 e. The molecule has 0 saturated heterocycles. The van der Waals surface area contributed by atoms with Gasteiger partial charge in [0.25, 0.3) is 5.69 Å². The van der Waals surface area contributed by atoms with Crippen molar-refractivity contribution >= 4 is 28.9 Å². The third-order valence-electron chi connectivity index (χ3n) is 8.03. The molecule has 2 rings (SSSR count). The normalized spacial score (nSPS) is 15.1. The number of hydrogen-bond acceptors (Lipinski definition) is 7. The van der Waals surface area contributed by atoms with Gasteiger partial charge in [-0.25, -0.2) is 0 Å². The Morgan fingerprint density at radius 1 is 0.604 bits per heavy atom. The fourth-order valence-corrected chi connectivity index (χ4v) is 11.1. The molecule has 10 heteroatoms. The Bertz CT molecular complexity index is 1000. The van der Waals surface area contributed by atoms with Gasteiger partial charge >= 0.3 is 0 Å². The van der Waals surface area contributed by atoms with E-state index in [9.17, 15) is 4.89 Å². The van der Waals surface area contributed by atoms with Gasteiger partial charge in [-0.2, -0.15) is 0 Å². The SMILES string of the molecule is CCCCCCCCCC(COCC)(Oc1ccccc1)OP(O)(=S)SC(CCCCCCCCC)(COCC)Oc1ccccc1.[Zn]. The number of rotatable bonds is 30. The molecular formula is C38H63O6PS2Zn. The second-order valence-corrected chi connectivity index (χ2v) is 18.6. The van der Waals surface area contributed by atoms with Crippen LogP contribution in [-0.4, -0.2) is 42.0 Å². The molecule has 0 aromatic heterocycles. The largest absolute Gasteiger partial charge is 0.474 e. The first kappa shape index (κ1) is 45.5. The van der Waals surface area contributed by atoms with Gasteiger partial charge in [-0.3, -0.25) is 4.52 Å². The zero-order chi connectivity index (χ0) is 34.1. The molecular weight excluding hydrogens is 713 g/mol. The van der Waals surface area contributed by atoms with Crippen molar-refractivity contribution in [3.8, 4) is 11.5 Å². The minimum absolute atomic E-state index is 0. The Hall–Kier alpha value is -0.497. The van der Waals surface area contributed by atoms with E-state index in [-0.39, 0.29) is 32.7 Å². The van der Waals surface area contributed by atoms with Gasteiger partial charge in [0.2, 0.25) is 5.79 Å². The van der Waals surface area contributed by atoms with E-state index in [1.807, 2.05) is 74.5 Å². The van der Waals surface area contributed by atoms with Crippen molar-refractivity contribution in [2.24, 2.45) is 0 Å². The van der Waals surface area contributed by atoms with E-state index in [4.69, 9.17) is 35.3 Å². The topological polar surface area (TPSA) is 66.4 Å². The Kier molecular flexibility index (Phi) is 25.8. The Morgan fingerprint density at radius 3 is 1.54 bits per heavy atom. The third kappa shape index (κ3) is 19.8. The van der Waals surface area contributed by atoms with Gasteiger partial charge in [-0.1, -0.05) is 127 Å². The molecule has 2 aromatic carbocycles. The van der Waals surface area contributed by atoms with Crippen LogP contribution < -0.4 is 9.47 Å². The molecule has 0 radical (unpaired) electrons. The monoisotopic (exact) mass is 774 g/mol. The number of para-hydroxylation sites is 2. The maximum Gasteiger partial charge on any atom is 0.252 e. The van der Waals surface area contributed by atoms with Gasteiger partial charge in [0.15, 0.2) is 4.93 Å². The number of ether oxygens (including phenoxy) is 4. The minimum atomic E-state index is -3.59. The average Bonchev–Trinajstić information content (AvgIpc) is 3.06. The van der Waals surface area contributed by atoms with Crippen molar-refractivity contribution in [2.45, 2.75) is 141 Å². The summed E-state index contributed by atoms with van der Waals surface area (Å²) in [5, 5.41) is 0. The molecule has 6 nitrogen and oxygen atoms in total. The Balaban J connectivity index is 0.0000115. The van der Waals surface area contributed by atoms with E-state index in [0.29, 0.717) is 37.6 Å². The molecule has 0 amide bonds. The maximum absolute atomic E-state index is 12.1. The van der Waals surface area contributed by atoms with E-state index in [0.717, 1.165) is 32.1 Å². The minimum Gasteiger partial charge on any atom is -0.474 e. The van der Waals surface area contributed by atoms with Gasteiger partial charge in [0.1, 0.15) is 18.1 Å². The van der Waals surface area contributed by atoms with Crippen molar-refractivity contribution < 1.29 is 47.8 Å². The molecule has 0 aliphatic carbocycles. The van der Waals surface area contributed by atoms with Crippen molar-refractivity contribution in [2.75, 3.05) is 26.4 Å². The molecule has 0 spiro atoms. The van der Waals surface area contributed by atoms with Crippen LogP contribution in [0.5, 0.6) is 11.5 Å². The summed E-state index contributed by atoms with van der Waals surface area (Å²) in [5.74, 6) is 0.114. The molecule has 3 unspecified atom stereocenters. The van der Waals surface area contributed by atoms with Crippen LogP contribution in [0.2, 0.25) is 0 Å². The maximum atomic E-state index is 12.1. The number of hydrogen-bond donors (Lipinski definition) is 1. The van der Waals surface area contributed by atoms with Crippen LogP contribution in [0, 0.1) is 0 Å². The predicted molar refractivity (Wildman–Crippen MR) is 203 cm³/mol. The quantitative estimate of drug-likeness (QED) is 0.0364. The molecule has 0 heterocycles. The van der Waals surface area contributed by atoms with Gasteiger partial charge in [-0.15, -0.1) is 0 Å². The van der Waals surface area contributed by atoms with E-state index >= 15 is 0 Å². The van der Waals surface area contributed by atoms with Gasteiger partial charge < -0.3 is 23.8 Å². The molecule has 48 heavy (non-hydrogen) atoms. The Morgan fingerprint density at radius 2 is 1.04 bits per heavy atom. The van der Waals surface area contributed by atoms with Gasteiger partial charge in [-0.05, 0) is 80.6 Å². The molecule has 0 bridgehead atoms. The van der Waals surface area contributed by atoms with E-state index in [2.05, 4.69) is 13.8 Å². The van der Waals surface area contributed by atoms with E-state index < -0.39 is 16.4 Å². The third-order valence-corrected chi connectivity index (χ3v) is 12.4. The Labute approximate surface area is 314 Å². The zero-order valence-electron chi connectivity index (χ0n) is 30.4. The van der Waals surface area contributed by atoms with Crippen LogP contribution in [0.25, 0.3) is 0 Å². The second-order valence-electron chi connectivity index (χ2n) is 12.3. The van der Waals surface area contributed by atoms with Crippen molar-refractivity contribution in [3.05, 3.63) is 60.7 Å². The first-order valence-corrected chi connectivity index (χ1v) is 22.3. The zero-order valence-corrected chi connectivity index (χ0v) is 35.9. The predicted octanol–water partition coefficient (Wildman–Crippen LogP) is 11.9. The van der Waals surface area contributed by atoms with Gasteiger partial charge in [0.05, 0.1) is 6.61 Å². The fourth-order valence-electron chi connectivity index (χ4n) is 5.55. The standard InChI is InChI=1S/C38H63O6PS2.Zn/c1-5-9-11-13-15-17-25-31-37(33-40-7-3,42-35-27-21-19-22-28-35)44-45(39,46)47-38(34-41-8-4,43-36-29-23-20-24-30-36)32-26-18-16-14-12-10-6-2;/h19-24,27-30H,5-18,25-26,31-34H2,1-4H3,(H,39,46);. The van der Waals surface area contributed by atoms with E-state index in [1.54, 1.807) is 0 Å². The summed E-state index contributed by atoms with van der Waals surface area (Å²) in [6, 6.07) is 19.4. The summed E-state index contributed by atoms with van der Waals surface area (Å²) in [6.45, 7) is 9.85. The van der Waals surface area contributed by atoms with Crippen molar-refractivity contribution in [3.63, 3.8) is 0 Å². The van der Waals surface area contributed by atoms with E-state index in [1.165, 1.54) is 69.2 Å². The van der Waals surface area contributed by atoms with Crippen molar-refractivity contribution in [1.29, 1.82) is 0 Å². The number of unbranched alkanes of at least 4 members (excludes halogenated alkanes) is 12. The molecule has 1 N–H and O–H groups in total. The van der Waals surface area contributed by atoms with Crippen LogP contribution in [-0.2, 0) is 45.3 Å². The fraction of sp³-hybridized carbons (Fsp3) is 0.684.